The lowest BCUT2D eigenvalue weighted by Gasteiger charge is -2.26. The lowest BCUT2D eigenvalue weighted by molar-refractivity contribution is 0.0919. The molecule has 1 aromatic heterocycles. The van der Waals surface area contributed by atoms with Crippen LogP contribution >= 0.6 is 0 Å². The summed E-state index contributed by atoms with van der Waals surface area (Å²) in [6.45, 7) is 3.11. The third kappa shape index (κ3) is 3.92. The van der Waals surface area contributed by atoms with Crippen LogP contribution in [0, 0.1) is 6.92 Å². The Bertz CT molecular complexity index is 731. The Morgan fingerprint density at radius 2 is 2.08 bits per heavy atom. The number of aromatic nitrogens is 1. The van der Waals surface area contributed by atoms with Crippen molar-refractivity contribution in [1.82, 2.24) is 9.88 Å². The molecule has 0 radical (unpaired) electrons. The van der Waals surface area contributed by atoms with Crippen LogP contribution < -0.4 is 4.90 Å². The van der Waals surface area contributed by atoms with Gasteiger partial charge in [-0.2, -0.15) is 0 Å². The Labute approximate surface area is 149 Å². The van der Waals surface area contributed by atoms with Crippen LogP contribution in [0.15, 0.2) is 42.6 Å². The van der Waals surface area contributed by atoms with Crippen LogP contribution in [-0.2, 0) is 11.3 Å². The van der Waals surface area contributed by atoms with Gasteiger partial charge in [0.2, 0.25) is 0 Å². The molecule has 5 heteroatoms. The topological polar surface area (TPSA) is 45.7 Å². The molecule has 0 spiro atoms. The molecule has 0 saturated carbocycles. The number of likely N-dealkylation sites (tertiary alicyclic amines) is 1. The smallest absolute Gasteiger partial charge is 0.410 e. The first-order chi connectivity index (χ1) is 12.1. The van der Waals surface area contributed by atoms with E-state index < -0.39 is 0 Å². The number of carbonyl (C=O) groups excluding carboxylic acids is 1. The molecule has 1 saturated heterocycles. The van der Waals surface area contributed by atoms with Crippen LogP contribution in [0.1, 0.15) is 35.6 Å². The first kappa shape index (κ1) is 17.3. The van der Waals surface area contributed by atoms with Crippen LogP contribution in [0.4, 0.5) is 10.6 Å². The van der Waals surface area contributed by atoms with Crippen molar-refractivity contribution in [2.24, 2.45) is 0 Å². The fourth-order valence-corrected chi connectivity index (χ4v) is 3.26. The second-order valence-electron chi connectivity index (χ2n) is 6.69. The van der Waals surface area contributed by atoms with Gasteiger partial charge in [0.05, 0.1) is 6.04 Å². The van der Waals surface area contributed by atoms with Gasteiger partial charge in [0, 0.05) is 26.8 Å². The summed E-state index contributed by atoms with van der Waals surface area (Å²) in [4.78, 5) is 20.9. The molecule has 1 aliphatic heterocycles. The van der Waals surface area contributed by atoms with Crippen molar-refractivity contribution >= 4 is 11.9 Å². The quantitative estimate of drug-likeness (QED) is 0.847. The van der Waals surface area contributed by atoms with Crippen LogP contribution in [-0.4, -0.2) is 36.6 Å². The average molecular weight is 339 g/mol. The van der Waals surface area contributed by atoms with Gasteiger partial charge in [0.1, 0.15) is 12.4 Å². The number of ether oxygens (including phenoxy) is 1. The molecule has 0 unspecified atom stereocenters. The second-order valence-corrected chi connectivity index (χ2v) is 6.69. The fourth-order valence-electron chi connectivity index (χ4n) is 3.26. The van der Waals surface area contributed by atoms with Gasteiger partial charge >= 0.3 is 6.09 Å². The Morgan fingerprint density at radius 3 is 2.76 bits per heavy atom. The van der Waals surface area contributed by atoms with Gasteiger partial charge in [0.15, 0.2) is 0 Å². The van der Waals surface area contributed by atoms with Gasteiger partial charge in [-0.1, -0.05) is 30.3 Å². The van der Waals surface area contributed by atoms with E-state index in [1.807, 2.05) is 60.4 Å². The zero-order valence-corrected chi connectivity index (χ0v) is 15.1. The summed E-state index contributed by atoms with van der Waals surface area (Å²) < 4.78 is 5.52. The van der Waals surface area contributed by atoms with E-state index >= 15 is 0 Å². The number of pyridine rings is 1. The predicted molar refractivity (Wildman–Crippen MR) is 98.6 cm³/mol. The lowest BCUT2D eigenvalue weighted by atomic mass is 10.0. The molecule has 5 nitrogen and oxygen atoms in total. The fraction of sp³-hybridized carbons (Fsp3) is 0.400. The maximum Gasteiger partial charge on any atom is 0.410 e. The molecule has 1 aliphatic rings. The minimum absolute atomic E-state index is 0.0481. The number of hydrogen-bond donors (Lipinski definition) is 0. The van der Waals surface area contributed by atoms with Crippen molar-refractivity contribution in [3.8, 4) is 0 Å². The highest BCUT2D eigenvalue weighted by atomic mass is 16.6. The van der Waals surface area contributed by atoms with Crippen molar-refractivity contribution in [3.63, 3.8) is 0 Å². The van der Waals surface area contributed by atoms with Crippen LogP contribution in [0.5, 0.6) is 0 Å². The molecule has 1 aromatic carbocycles. The Morgan fingerprint density at radius 1 is 1.32 bits per heavy atom. The van der Waals surface area contributed by atoms with Gasteiger partial charge in [-0.05, 0) is 42.5 Å². The number of benzene rings is 1. The molecule has 132 valence electrons. The van der Waals surface area contributed by atoms with Gasteiger partial charge in [-0.25, -0.2) is 9.78 Å². The van der Waals surface area contributed by atoms with Crippen molar-refractivity contribution in [1.29, 1.82) is 0 Å². The third-order valence-electron chi connectivity index (χ3n) is 4.65. The number of anilines is 1. The highest BCUT2D eigenvalue weighted by molar-refractivity contribution is 5.69. The van der Waals surface area contributed by atoms with E-state index in [0.717, 1.165) is 41.9 Å². The van der Waals surface area contributed by atoms with Gasteiger partial charge in [-0.3, -0.25) is 0 Å². The molecule has 0 aliphatic carbocycles. The van der Waals surface area contributed by atoms with E-state index in [-0.39, 0.29) is 12.1 Å². The van der Waals surface area contributed by atoms with E-state index in [2.05, 4.69) is 18.0 Å². The van der Waals surface area contributed by atoms with Gasteiger partial charge in [0.25, 0.3) is 0 Å². The number of nitrogens with zero attached hydrogens (tertiary/aromatic N) is 3. The van der Waals surface area contributed by atoms with E-state index in [1.165, 1.54) is 0 Å². The summed E-state index contributed by atoms with van der Waals surface area (Å²) in [6.07, 6.45) is 3.59. The lowest BCUT2D eigenvalue weighted by Crippen LogP contribution is -2.31. The molecular weight excluding hydrogens is 314 g/mol. The predicted octanol–water partition coefficient (Wildman–Crippen LogP) is 3.93. The molecule has 2 heterocycles. The maximum absolute atomic E-state index is 12.6. The van der Waals surface area contributed by atoms with Crippen LogP contribution in [0.25, 0.3) is 0 Å². The molecule has 3 rings (SSSR count). The summed E-state index contributed by atoms with van der Waals surface area (Å²) in [6, 6.07) is 11.9. The normalized spacial score (nSPS) is 16.8. The van der Waals surface area contributed by atoms with E-state index in [4.69, 9.17) is 4.74 Å². The molecule has 1 amide bonds. The molecule has 25 heavy (non-hydrogen) atoms. The molecular formula is C20H25N3O2. The maximum atomic E-state index is 12.6. The van der Waals surface area contributed by atoms with E-state index in [9.17, 15) is 4.79 Å². The molecule has 1 fully saturated rings. The van der Waals surface area contributed by atoms with Crippen LogP contribution in [0.2, 0.25) is 0 Å². The minimum Gasteiger partial charge on any atom is -0.445 e. The second kappa shape index (κ2) is 7.55. The number of amides is 1. The average Bonchev–Trinajstić information content (AvgIpc) is 3.10. The Hall–Kier alpha value is -2.56. The number of rotatable bonds is 4. The Balaban J connectivity index is 1.70. The van der Waals surface area contributed by atoms with Crippen molar-refractivity contribution in [2.75, 3.05) is 25.5 Å². The van der Waals surface area contributed by atoms with Crippen molar-refractivity contribution in [3.05, 3.63) is 59.3 Å². The number of carbonyl (C=O) groups is 1. The van der Waals surface area contributed by atoms with Gasteiger partial charge < -0.3 is 14.5 Å². The summed E-state index contributed by atoms with van der Waals surface area (Å²) in [5.74, 6) is 0.928. The SMILES string of the molecule is Cc1cc(N(C)C)ncc1[C@H]1CCCN1C(=O)OCc1ccccc1. The standard InChI is InChI=1S/C20H25N3O2/c1-15-12-19(22(2)3)21-13-17(15)18-10-7-11-23(18)20(24)25-14-16-8-5-4-6-9-16/h4-6,8-9,12-13,18H,7,10-11,14H2,1-3H3/t18-/m1/s1. The first-order valence-electron chi connectivity index (χ1n) is 8.67. The van der Waals surface area contributed by atoms with Gasteiger partial charge in [-0.15, -0.1) is 0 Å². The largest absolute Gasteiger partial charge is 0.445 e. The minimum atomic E-state index is -0.248. The monoisotopic (exact) mass is 339 g/mol. The molecule has 0 N–H and O–H groups in total. The molecule has 2 aromatic rings. The van der Waals surface area contributed by atoms with Crippen molar-refractivity contribution < 1.29 is 9.53 Å². The van der Waals surface area contributed by atoms with Crippen molar-refractivity contribution in [2.45, 2.75) is 32.4 Å². The van der Waals surface area contributed by atoms with Crippen LogP contribution in [0.3, 0.4) is 0 Å². The first-order valence-corrected chi connectivity index (χ1v) is 8.67. The third-order valence-corrected chi connectivity index (χ3v) is 4.65. The zero-order chi connectivity index (χ0) is 17.8. The highest BCUT2D eigenvalue weighted by Crippen LogP contribution is 2.34. The van der Waals surface area contributed by atoms with E-state index in [1.54, 1.807) is 0 Å². The number of hydrogen-bond acceptors (Lipinski definition) is 4. The molecule has 1 atom stereocenters. The molecule has 0 bridgehead atoms. The summed E-state index contributed by atoms with van der Waals surface area (Å²) >= 11 is 0. The highest BCUT2D eigenvalue weighted by Gasteiger charge is 2.32. The van der Waals surface area contributed by atoms with E-state index in [0.29, 0.717) is 6.61 Å². The summed E-state index contributed by atoms with van der Waals surface area (Å²) in [5.41, 5.74) is 3.27. The number of aryl methyl sites for hydroxylation is 1. The Kier molecular flexibility index (Phi) is 5.22. The zero-order valence-electron chi connectivity index (χ0n) is 15.1. The summed E-state index contributed by atoms with van der Waals surface area (Å²) in [5, 5.41) is 0. The summed E-state index contributed by atoms with van der Waals surface area (Å²) in [7, 11) is 3.95.